The summed E-state index contributed by atoms with van der Waals surface area (Å²) < 4.78 is 0. The quantitative estimate of drug-likeness (QED) is 0.800. The number of piperidine rings is 1. The molecule has 1 saturated heterocycles. The van der Waals surface area contributed by atoms with E-state index in [0.29, 0.717) is 0 Å². The summed E-state index contributed by atoms with van der Waals surface area (Å²) in [6.07, 6.45) is 4.14. The van der Waals surface area contributed by atoms with Crippen LogP contribution in [0.25, 0.3) is 0 Å². The summed E-state index contributed by atoms with van der Waals surface area (Å²) in [4.78, 5) is 12.0. The van der Waals surface area contributed by atoms with E-state index in [9.17, 15) is 4.79 Å². The van der Waals surface area contributed by atoms with Gasteiger partial charge >= 0.3 is 0 Å². The highest BCUT2D eigenvalue weighted by molar-refractivity contribution is 5.85. The van der Waals surface area contributed by atoms with E-state index in [2.05, 4.69) is 31.4 Å². The van der Waals surface area contributed by atoms with E-state index < -0.39 is 0 Å². The molecule has 2 N–H and O–H groups in total. The number of hydrogen-bond donors (Lipinski definition) is 2. The second kappa shape index (κ2) is 7.13. The van der Waals surface area contributed by atoms with Crippen LogP contribution in [0.1, 0.15) is 46.5 Å². The predicted octanol–water partition coefficient (Wildman–Crippen LogP) is 2.10. The lowest BCUT2D eigenvalue weighted by Gasteiger charge is -2.31. The lowest BCUT2D eigenvalue weighted by atomic mass is 9.92. The molecule has 0 spiro atoms. The third kappa shape index (κ3) is 4.30. The molecule has 0 aliphatic carbocycles. The van der Waals surface area contributed by atoms with Gasteiger partial charge in [0.1, 0.15) is 0 Å². The molecule has 3 nitrogen and oxygen atoms in total. The zero-order valence-corrected chi connectivity index (χ0v) is 11.5. The fourth-order valence-electron chi connectivity index (χ4n) is 1.90. The molecule has 1 rings (SSSR count). The van der Waals surface area contributed by atoms with Crippen LogP contribution in [0.3, 0.4) is 0 Å². The van der Waals surface area contributed by atoms with Crippen LogP contribution >= 0.6 is 12.4 Å². The Bertz CT molecular complexity index is 211. The molecule has 0 aromatic rings. The largest absolute Gasteiger partial charge is 0.351 e. The molecule has 1 fully saturated rings. The predicted molar refractivity (Wildman–Crippen MR) is 70.0 cm³/mol. The van der Waals surface area contributed by atoms with Crippen molar-refractivity contribution in [1.29, 1.82) is 0 Å². The lowest BCUT2D eigenvalue weighted by Crippen LogP contribution is -2.50. The highest BCUT2D eigenvalue weighted by atomic mass is 35.5. The van der Waals surface area contributed by atoms with Gasteiger partial charge in [0.05, 0.1) is 5.92 Å². The van der Waals surface area contributed by atoms with Gasteiger partial charge in [0, 0.05) is 12.1 Å². The van der Waals surface area contributed by atoms with Gasteiger partial charge < -0.3 is 10.6 Å². The summed E-state index contributed by atoms with van der Waals surface area (Å²) >= 11 is 0. The highest BCUT2D eigenvalue weighted by Crippen LogP contribution is 2.17. The number of amides is 1. The van der Waals surface area contributed by atoms with Crippen molar-refractivity contribution in [2.24, 2.45) is 5.92 Å². The summed E-state index contributed by atoms with van der Waals surface area (Å²) in [5.41, 5.74) is -0.0193. The summed E-state index contributed by atoms with van der Waals surface area (Å²) in [5, 5.41) is 6.46. The van der Waals surface area contributed by atoms with Gasteiger partial charge in [-0.05, 0) is 39.2 Å². The fourth-order valence-corrected chi connectivity index (χ4v) is 1.90. The van der Waals surface area contributed by atoms with Gasteiger partial charge in [0.25, 0.3) is 0 Å². The van der Waals surface area contributed by atoms with Crippen molar-refractivity contribution in [2.45, 2.75) is 52.0 Å². The SMILES string of the molecule is CCC(C)(CC)NC(=O)[C@@H]1CCCNC1.Cl. The third-order valence-electron chi connectivity index (χ3n) is 3.65. The maximum absolute atomic E-state index is 12.0. The second-order valence-electron chi connectivity index (χ2n) is 4.80. The number of carbonyl (C=O) groups is 1. The number of rotatable bonds is 4. The molecule has 4 heteroatoms. The number of halogens is 1. The minimum Gasteiger partial charge on any atom is -0.351 e. The monoisotopic (exact) mass is 248 g/mol. The summed E-state index contributed by atoms with van der Waals surface area (Å²) in [5.74, 6) is 0.407. The molecule has 16 heavy (non-hydrogen) atoms. The van der Waals surface area contributed by atoms with E-state index in [0.717, 1.165) is 38.8 Å². The van der Waals surface area contributed by atoms with E-state index in [1.165, 1.54) is 0 Å². The number of carbonyl (C=O) groups excluding carboxylic acids is 1. The number of hydrogen-bond acceptors (Lipinski definition) is 2. The molecule has 1 heterocycles. The second-order valence-corrected chi connectivity index (χ2v) is 4.80. The van der Waals surface area contributed by atoms with Crippen molar-refractivity contribution in [3.8, 4) is 0 Å². The van der Waals surface area contributed by atoms with E-state index in [-0.39, 0.29) is 29.8 Å². The summed E-state index contributed by atoms with van der Waals surface area (Å²) in [6, 6.07) is 0. The molecule has 0 unspecified atom stereocenters. The van der Waals surface area contributed by atoms with Crippen molar-refractivity contribution in [2.75, 3.05) is 13.1 Å². The first-order chi connectivity index (χ1) is 7.11. The molecular weight excluding hydrogens is 224 g/mol. The average Bonchev–Trinajstić information content (AvgIpc) is 2.30. The van der Waals surface area contributed by atoms with Crippen LogP contribution in [0.15, 0.2) is 0 Å². The smallest absolute Gasteiger partial charge is 0.224 e. The Morgan fingerprint density at radius 1 is 1.44 bits per heavy atom. The van der Waals surface area contributed by atoms with E-state index in [1.54, 1.807) is 0 Å². The van der Waals surface area contributed by atoms with Crippen LogP contribution in [-0.2, 0) is 4.79 Å². The van der Waals surface area contributed by atoms with Gasteiger partial charge in [0.15, 0.2) is 0 Å². The maximum atomic E-state index is 12.0. The van der Waals surface area contributed by atoms with Gasteiger partial charge in [0.2, 0.25) is 5.91 Å². The topological polar surface area (TPSA) is 41.1 Å². The minimum atomic E-state index is -0.0193. The summed E-state index contributed by atoms with van der Waals surface area (Å²) in [6.45, 7) is 8.28. The van der Waals surface area contributed by atoms with Crippen molar-refractivity contribution >= 4 is 18.3 Å². The Hall–Kier alpha value is -0.280. The van der Waals surface area contributed by atoms with E-state index in [4.69, 9.17) is 0 Å². The lowest BCUT2D eigenvalue weighted by molar-refractivity contribution is -0.127. The Morgan fingerprint density at radius 2 is 2.06 bits per heavy atom. The molecule has 1 aliphatic rings. The molecule has 0 radical (unpaired) electrons. The molecule has 1 amide bonds. The number of nitrogens with one attached hydrogen (secondary N) is 2. The van der Waals surface area contributed by atoms with Gasteiger partial charge in [-0.15, -0.1) is 12.4 Å². The van der Waals surface area contributed by atoms with Gasteiger partial charge in [-0.1, -0.05) is 13.8 Å². The molecule has 1 aliphatic heterocycles. The Balaban J connectivity index is 0.00000225. The molecule has 0 aromatic heterocycles. The molecule has 96 valence electrons. The first kappa shape index (κ1) is 15.7. The summed E-state index contributed by atoms with van der Waals surface area (Å²) in [7, 11) is 0. The van der Waals surface area contributed by atoms with Gasteiger partial charge in [-0.3, -0.25) is 4.79 Å². The zero-order chi connectivity index (χ0) is 11.3. The Labute approximate surface area is 105 Å². The average molecular weight is 249 g/mol. The first-order valence-electron chi connectivity index (χ1n) is 6.14. The van der Waals surface area contributed by atoms with Gasteiger partial charge in [-0.25, -0.2) is 0 Å². The van der Waals surface area contributed by atoms with E-state index in [1.807, 2.05) is 0 Å². The van der Waals surface area contributed by atoms with Crippen LogP contribution in [0.5, 0.6) is 0 Å². The molecule has 0 aromatic carbocycles. The standard InChI is InChI=1S/C12H24N2O.ClH/c1-4-12(3,5-2)14-11(15)10-7-6-8-13-9-10;/h10,13H,4-9H2,1-3H3,(H,14,15);1H/t10-;/m1./s1. The fraction of sp³-hybridized carbons (Fsp3) is 0.917. The van der Waals surface area contributed by atoms with Gasteiger partial charge in [-0.2, -0.15) is 0 Å². The van der Waals surface area contributed by atoms with Crippen molar-refractivity contribution in [1.82, 2.24) is 10.6 Å². The third-order valence-corrected chi connectivity index (χ3v) is 3.65. The van der Waals surface area contributed by atoms with Crippen LogP contribution in [0.2, 0.25) is 0 Å². The van der Waals surface area contributed by atoms with Crippen molar-refractivity contribution < 1.29 is 4.79 Å². The Morgan fingerprint density at radius 3 is 2.50 bits per heavy atom. The maximum Gasteiger partial charge on any atom is 0.224 e. The normalized spacial score (nSPS) is 21.1. The Kier molecular flexibility index (Phi) is 7.00. The van der Waals surface area contributed by atoms with Crippen LogP contribution in [0, 0.1) is 5.92 Å². The van der Waals surface area contributed by atoms with Crippen molar-refractivity contribution in [3.63, 3.8) is 0 Å². The molecule has 0 saturated carbocycles. The van der Waals surface area contributed by atoms with E-state index >= 15 is 0 Å². The molecule has 1 atom stereocenters. The molecule has 0 bridgehead atoms. The zero-order valence-electron chi connectivity index (χ0n) is 10.6. The first-order valence-corrected chi connectivity index (χ1v) is 6.14. The molecular formula is C12H25ClN2O. The van der Waals surface area contributed by atoms with Crippen LogP contribution < -0.4 is 10.6 Å². The highest BCUT2D eigenvalue weighted by Gasteiger charge is 2.27. The minimum absolute atomic E-state index is 0. The van der Waals surface area contributed by atoms with Crippen LogP contribution in [0.4, 0.5) is 0 Å². The van der Waals surface area contributed by atoms with Crippen LogP contribution in [-0.4, -0.2) is 24.5 Å². The van der Waals surface area contributed by atoms with Crippen molar-refractivity contribution in [3.05, 3.63) is 0 Å².